The number of guanidine groups is 2. The highest BCUT2D eigenvalue weighted by Gasteiger charge is 2.29. The van der Waals surface area contributed by atoms with E-state index in [9.17, 15) is 19.2 Å². The molecule has 212 valence electrons. The predicted molar refractivity (Wildman–Crippen MR) is 139 cm³/mol. The molecular formula is C21H38N12O5. The Balaban J connectivity index is 2.97. The van der Waals surface area contributed by atoms with Gasteiger partial charge in [0, 0.05) is 31.4 Å². The third-order valence-electron chi connectivity index (χ3n) is 5.22. The number of aromatic amines is 1. The summed E-state index contributed by atoms with van der Waals surface area (Å²) in [6.45, 7) is 1.77. The molecule has 0 aliphatic rings. The number of nitrogens with zero attached hydrogens (tertiary/aromatic N) is 3. The van der Waals surface area contributed by atoms with Crippen LogP contribution in [0.15, 0.2) is 22.5 Å². The zero-order valence-corrected chi connectivity index (χ0v) is 21.2. The molecule has 0 bridgehead atoms. The van der Waals surface area contributed by atoms with E-state index in [1.165, 1.54) is 19.4 Å². The number of aliphatic carboxylic acids is 1. The molecule has 0 radical (unpaired) electrons. The molecule has 0 fully saturated rings. The molecule has 1 heterocycles. The summed E-state index contributed by atoms with van der Waals surface area (Å²) in [5.74, 6) is -3.45. The molecular weight excluding hydrogens is 500 g/mol. The summed E-state index contributed by atoms with van der Waals surface area (Å²) in [6.07, 6.45) is 3.98. The SMILES string of the molecule is CC(NC(=O)C(Cc1cnc[nH]1)NC(=O)C(CCCN=C(N)N)NC(=O)C(N)CCCN=C(N)N)C(=O)O. The molecule has 17 heteroatoms. The maximum atomic E-state index is 13.2. The van der Waals surface area contributed by atoms with Crippen molar-refractivity contribution in [1.82, 2.24) is 25.9 Å². The van der Waals surface area contributed by atoms with Crippen LogP contribution in [-0.4, -0.2) is 87.9 Å². The maximum Gasteiger partial charge on any atom is 0.325 e. The van der Waals surface area contributed by atoms with Gasteiger partial charge in [-0.3, -0.25) is 29.2 Å². The fourth-order valence-corrected chi connectivity index (χ4v) is 3.18. The quantitative estimate of drug-likeness (QED) is 0.0516. The number of H-pyrrole nitrogens is 1. The van der Waals surface area contributed by atoms with E-state index < -0.39 is 47.9 Å². The van der Waals surface area contributed by atoms with Crippen molar-refractivity contribution in [3.8, 4) is 0 Å². The van der Waals surface area contributed by atoms with Crippen LogP contribution in [0.4, 0.5) is 0 Å². The number of amides is 3. The fraction of sp³-hybridized carbons (Fsp3) is 0.571. The molecule has 0 spiro atoms. The minimum absolute atomic E-state index is 0.0110. The number of carbonyl (C=O) groups excluding carboxylic acids is 3. The molecule has 1 aromatic heterocycles. The number of hydrogen-bond acceptors (Lipinski definition) is 8. The van der Waals surface area contributed by atoms with E-state index in [2.05, 4.69) is 35.9 Å². The van der Waals surface area contributed by atoms with E-state index in [-0.39, 0.29) is 44.3 Å². The number of rotatable bonds is 17. The van der Waals surface area contributed by atoms with E-state index >= 15 is 0 Å². The summed E-state index contributed by atoms with van der Waals surface area (Å²) in [7, 11) is 0. The van der Waals surface area contributed by atoms with Crippen LogP contribution in [-0.2, 0) is 25.6 Å². The topological polar surface area (TPSA) is 308 Å². The standard InChI is InChI=1S/C21H38N12O5/c1-11(19(37)38)31-18(36)15(8-12-9-27-10-30-12)33-17(35)14(5-3-7-29-21(25)26)32-16(34)13(22)4-2-6-28-20(23)24/h9-11,13-15H,2-8,22H2,1H3,(H,27,30)(H,31,36)(H,32,34)(H,33,35)(H,37,38)(H4,23,24,28)(H4,25,26,29). The molecule has 4 atom stereocenters. The third-order valence-corrected chi connectivity index (χ3v) is 5.22. The third kappa shape index (κ3) is 12.5. The summed E-state index contributed by atoms with van der Waals surface area (Å²) in [4.78, 5) is 64.3. The lowest BCUT2D eigenvalue weighted by Gasteiger charge is -2.24. The van der Waals surface area contributed by atoms with Gasteiger partial charge in [0.05, 0.1) is 12.4 Å². The Hall–Kier alpha value is -4.41. The number of aromatic nitrogens is 2. The molecule has 1 rings (SSSR count). The Bertz CT molecular complexity index is 973. The average Bonchev–Trinajstić information content (AvgIpc) is 3.35. The van der Waals surface area contributed by atoms with Crippen LogP contribution in [0.2, 0.25) is 0 Å². The zero-order valence-electron chi connectivity index (χ0n) is 21.2. The summed E-state index contributed by atoms with van der Waals surface area (Å²) < 4.78 is 0. The normalized spacial score (nSPS) is 13.7. The molecule has 38 heavy (non-hydrogen) atoms. The number of hydrogen-bond donors (Lipinski definition) is 10. The van der Waals surface area contributed by atoms with E-state index in [4.69, 9.17) is 33.8 Å². The number of nitrogens with one attached hydrogen (secondary N) is 4. The number of carbonyl (C=O) groups is 4. The minimum atomic E-state index is -1.25. The van der Waals surface area contributed by atoms with Gasteiger partial charge in [0.25, 0.3) is 0 Å². The van der Waals surface area contributed by atoms with Gasteiger partial charge in [-0.1, -0.05) is 0 Å². The molecule has 1 aromatic rings. The highest BCUT2D eigenvalue weighted by molar-refractivity contribution is 5.94. The van der Waals surface area contributed by atoms with Gasteiger partial charge in [0.2, 0.25) is 17.7 Å². The molecule has 17 nitrogen and oxygen atoms in total. The summed E-state index contributed by atoms with van der Waals surface area (Å²) in [5, 5.41) is 16.6. The zero-order chi connectivity index (χ0) is 28.7. The lowest BCUT2D eigenvalue weighted by molar-refractivity contribution is -0.141. The van der Waals surface area contributed by atoms with Gasteiger partial charge in [0.1, 0.15) is 18.1 Å². The first-order valence-corrected chi connectivity index (χ1v) is 11.9. The summed E-state index contributed by atoms with van der Waals surface area (Å²) >= 11 is 0. The molecule has 0 aliphatic carbocycles. The van der Waals surface area contributed by atoms with Crippen LogP contribution >= 0.6 is 0 Å². The lowest BCUT2D eigenvalue weighted by Crippen LogP contribution is -2.57. The lowest BCUT2D eigenvalue weighted by atomic mass is 10.1. The number of carboxylic acids is 1. The van der Waals surface area contributed by atoms with Crippen molar-refractivity contribution >= 4 is 35.6 Å². The van der Waals surface area contributed by atoms with E-state index in [0.29, 0.717) is 18.5 Å². The van der Waals surface area contributed by atoms with Crippen LogP contribution < -0.4 is 44.6 Å². The molecule has 0 saturated carbocycles. The van der Waals surface area contributed by atoms with Crippen LogP contribution in [0.3, 0.4) is 0 Å². The molecule has 15 N–H and O–H groups in total. The molecule has 0 aliphatic heterocycles. The number of carboxylic acid groups (broad SMARTS) is 1. The average molecular weight is 539 g/mol. The van der Waals surface area contributed by atoms with Gasteiger partial charge in [-0.2, -0.15) is 0 Å². The molecule has 4 unspecified atom stereocenters. The van der Waals surface area contributed by atoms with E-state index in [1.807, 2.05) is 0 Å². The summed E-state index contributed by atoms with van der Waals surface area (Å²) in [6, 6.07) is -4.40. The highest BCUT2D eigenvalue weighted by Crippen LogP contribution is 2.05. The Morgan fingerprint density at radius 3 is 2.00 bits per heavy atom. The first-order valence-electron chi connectivity index (χ1n) is 11.9. The van der Waals surface area contributed by atoms with Crippen molar-refractivity contribution in [1.29, 1.82) is 0 Å². The Labute approximate surface area is 219 Å². The van der Waals surface area contributed by atoms with Crippen molar-refractivity contribution in [3.05, 3.63) is 18.2 Å². The maximum absolute atomic E-state index is 13.2. The second-order valence-corrected chi connectivity index (χ2v) is 8.48. The second-order valence-electron chi connectivity index (χ2n) is 8.48. The number of imidazole rings is 1. The summed E-state index contributed by atoms with van der Waals surface area (Å²) in [5.41, 5.74) is 27.7. The Kier molecular flexibility index (Phi) is 13.6. The number of aliphatic imine (C=N–C) groups is 2. The Morgan fingerprint density at radius 1 is 0.921 bits per heavy atom. The first-order chi connectivity index (χ1) is 17.9. The van der Waals surface area contributed by atoms with Crippen LogP contribution in [0.1, 0.15) is 38.3 Å². The van der Waals surface area contributed by atoms with E-state index in [0.717, 1.165) is 0 Å². The van der Waals surface area contributed by atoms with Gasteiger partial charge >= 0.3 is 5.97 Å². The predicted octanol–water partition coefficient (Wildman–Crippen LogP) is -4.05. The van der Waals surface area contributed by atoms with Gasteiger partial charge in [-0.05, 0) is 32.6 Å². The molecule has 3 amide bonds. The van der Waals surface area contributed by atoms with Crippen molar-refractivity contribution in [2.24, 2.45) is 38.7 Å². The van der Waals surface area contributed by atoms with Crippen molar-refractivity contribution < 1.29 is 24.3 Å². The second kappa shape index (κ2) is 16.4. The van der Waals surface area contributed by atoms with Gasteiger partial charge < -0.3 is 54.7 Å². The fourth-order valence-electron chi connectivity index (χ4n) is 3.18. The molecule has 0 aromatic carbocycles. The van der Waals surface area contributed by atoms with Crippen LogP contribution in [0.5, 0.6) is 0 Å². The van der Waals surface area contributed by atoms with Gasteiger partial charge in [-0.25, -0.2) is 4.98 Å². The first kappa shape index (κ1) is 31.6. The Morgan fingerprint density at radius 2 is 1.47 bits per heavy atom. The van der Waals surface area contributed by atoms with Gasteiger partial charge in [-0.15, -0.1) is 0 Å². The van der Waals surface area contributed by atoms with Crippen LogP contribution in [0, 0.1) is 0 Å². The molecule has 0 saturated heterocycles. The van der Waals surface area contributed by atoms with Crippen LogP contribution in [0.25, 0.3) is 0 Å². The van der Waals surface area contributed by atoms with Crippen molar-refractivity contribution in [2.45, 2.75) is 63.2 Å². The minimum Gasteiger partial charge on any atom is -0.480 e. The van der Waals surface area contributed by atoms with Gasteiger partial charge in [0.15, 0.2) is 11.9 Å². The highest BCUT2D eigenvalue weighted by atomic mass is 16.4. The van der Waals surface area contributed by atoms with Crippen molar-refractivity contribution in [3.63, 3.8) is 0 Å². The number of nitrogens with two attached hydrogens (primary N) is 5. The van der Waals surface area contributed by atoms with Crippen molar-refractivity contribution in [2.75, 3.05) is 13.1 Å². The monoisotopic (exact) mass is 538 g/mol. The largest absolute Gasteiger partial charge is 0.480 e. The van der Waals surface area contributed by atoms with E-state index in [1.54, 1.807) is 0 Å². The smallest absolute Gasteiger partial charge is 0.325 e.